The van der Waals surface area contributed by atoms with Gasteiger partial charge < -0.3 is 10.7 Å². The van der Waals surface area contributed by atoms with Crippen LogP contribution < -0.4 is 16.6 Å². The minimum absolute atomic E-state index is 0.0266. The quantitative estimate of drug-likeness (QED) is 0.378. The van der Waals surface area contributed by atoms with E-state index >= 15 is 0 Å². The van der Waals surface area contributed by atoms with E-state index in [9.17, 15) is 9.59 Å². The van der Waals surface area contributed by atoms with E-state index in [0.29, 0.717) is 18.0 Å². The summed E-state index contributed by atoms with van der Waals surface area (Å²) in [6.45, 7) is 0. The van der Waals surface area contributed by atoms with Crippen molar-refractivity contribution in [3.8, 4) is 5.69 Å². The number of nitrogens with zero attached hydrogens (tertiary/aromatic N) is 3. The van der Waals surface area contributed by atoms with E-state index in [2.05, 4.69) is 20.4 Å². The third-order valence-electron chi connectivity index (χ3n) is 4.17. The van der Waals surface area contributed by atoms with Crippen LogP contribution in [0.3, 0.4) is 0 Å². The summed E-state index contributed by atoms with van der Waals surface area (Å²) in [6.07, 6.45) is 4.23. The molecule has 0 unspecified atom stereocenters. The Kier molecular flexibility index (Phi) is 3.57. The summed E-state index contributed by atoms with van der Waals surface area (Å²) < 4.78 is 1.84. The van der Waals surface area contributed by atoms with Crippen LogP contribution in [-0.4, -0.2) is 27.1 Å². The van der Waals surface area contributed by atoms with Crippen molar-refractivity contribution in [2.45, 2.75) is 18.8 Å². The second-order valence-corrected chi connectivity index (χ2v) is 5.92. The van der Waals surface area contributed by atoms with Crippen LogP contribution in [0, 0.1) is 0 Å². The van der Waals surface area contributed by atoms with Crippen LogP contribution in [0.5, 0.6) is 0 Å². The number of carbonyl (C=O) groups excluding carboxylic acids is 1. The van der Waals surface area contributed by atoms with E-state index in [-0.39, 0.29) is 11.5 Å². The Morgan fingerprint density at radius 1 is 1.36 bits per heavy atom. The molecule has 1 aromatic carbocycles. The van der Waals surface area contributed by atoms with E-state index in [0.717, 1.165) is 35.1 Å². The molecule has 0 aliphatic heterocycles. The van der Waals surface area contributed by atoms with Crippen molar-refractivity contribution in [2.24, 2.45) is 10.7 Å². The van der Waals surface area contributed by atoms with Crippen molar-refractivity contribution in [3.05, 3.63) is 52.6 Å². The molecular weight excluding hydrogens is 320 g/mol. The second kappa shape index (κ2) is 5.90. The summed E-state index contributed by atoms with van der Waals surface area (Å²) in [5, 5.41) is 7.71. The first kappa shape index (κ1) is 15.1. The molecule has 1 fully saturated rings. The van der Waals surface area contributed by atoms with Crippen LogP contribution in [0.25, 0.3) is 16.6 Å². The van der Waals surface area contributed by atoms with E-state index in [1.165, 1.54) is 6.07 Å². The van der Waals surface area contributed by atoms with E-state index in [4.69, 9.17) is 5.73 Å². The maximum absolute atomic E-state index is 11.6. The minimum Gasteiger partial charge on any atom is -0.369 e. The van der Waals surface area contributed by atoms with Gasteiger partial charge in [0, 0.05) is 17.4 Å². The highest BCUT2D eigenvalue weighted by molar-refractivity contribution is 5.90. The number of H-pyrrole nitrogens is 1. The number of guanidine groups is 1. The van der Waals surface area contributed by atoms with Gasteiger partial charge >= 0.3 is 0 Å². The normalized spacial score (nSPS) is 14.6. The molecule has 0 atom stereocenters. The number of hydrogen-bond donors (Lipinski definition) is 3. The topological polar surface area (TPSA) is 118 Å². The highest BCUT2D eigenvalue weighted by Gasteiger charge is 2.31. The van der Waals surface area contributed by atoms with Gasteiger partial charge in [-0.1, -0.05) is 6.07 Å². The number of rotatable bonds is 4. The molecule has 2 heterocycles. The van der Waals surface area contributed by atoms with Gasteiger partial charge in [-0.2, -0.15) is 5.10 Å². The smallest absolute Gasteiger partial charge is 0.248 e. The zero-order valence-electron chi connectivity index (χ0n) is 13.3. The largest absolute Gasteiger partial charge is 0.369 e. The van der Waals surface area contributed by atoms with Gasteiger partial charge in [0.2, 0.25) is 12.0 Å². The number of nitrogens with one attached hydrogen (secondary N) is 2. The molecule has 126 valence electrons. The molecular formula is C17H16N6O2. The first-order valence-corrected chi connectivity index (χ1v) is 7.92. The molecule has 2 aromatic heterocycles. The highest BCUT2D eigenvalue weighted by atomic mass is 16.1. The fourth-order valence-corrected chi connectivity index (χ4v) is 2.94. The lowest BCUT2D eigenvalue weighted by Crippen LogP contribution is -2.29. The number of nitrogens with two attached hydrogens (primary N) is 1. The Labute approximate surface area is 142 Å². The van der Waals surface area contributed by atoms with Crippen molar-refractivity contribution in [3.63, 3.8) is 0 Å². The monoisotopic (exact) mass is 336 g/mol. The summed E-state index contributed by atoms with van der Waals surface area (Å²) in [5.74, 6) is 0.377. The van der Waals surface area contributed by atoms with E-state index < -0.39 is 0 Å². The van der Waals surface area contributed by atoms with Gasteiger partial charge in [-0.15, -0.1) is 0 Å². The Balaban J connectivity index is 1.89. The first-order valence-electron chi connectivity index (χ1n) is 7.92. The van der Waals surface area contributed by atoms with E-state index in [1.807, 2.05) is 22.9 Å². The number of pyridine rings is 1. The Morgan fingerprint density at radius 3 is 2.96 bits per heavy atom. The van der Waals surface area contributed by atoms with Gasteiger partial charge in [0.25, 0.3) is 0 Å². The summed E-state index contributed by atoms with van der Waals surface area (Å²) >= 11 is 0. The Hall–Kier alpha value is -3.42. The zero-order valence-corrected chi connectivity index (χ0v) is 13.3. The van der Waals surface area contributed by atoms with Gasteiger partial charge in [-0.3, -0.25) is 14.9 Å². The molecule has 25 heavy (non-hydrogen) atoms. The summed E-state index contributed by atoms with van der Waals surface area (Å²) in [5.41, 5.74) is 8.74. The molecule has 8 nitrogen and oxygen atoms in total. The Bertz CT molecular complexity index is 1040. The van der Waals surface area contributed by atoms with E-state index in [1.54, 1.807) is 12.3 Å². The number of benzene rings is 1. The van der Waals surface area contributed by atoms with Crippen molar-refractivity contribution >= 4 is 29.0 Å². The number of aromatic nitrogens is 3. The van der Waals surface area contributed by atoms with Gasteiger partial charge in [-0.05, 0) is 31.0 Å². The second-order valence-electron chi connectivity index (χ2n) is 5.92. The van der Waals surface area contributed by atoms with Gasteiger partial charge in [0.05, 0.1) is 23.1 Å². The SMILES string of the molecule is NC(=Nc1cnn(-c2cccc3[nH]c(=O)ccc23)c1C1CC1)NC=O. The molecule has 1 saturated carbocycles. The van der Waals surface area contributed by atoms with Crippen LogP contribution in [0.15, 0.2) is 46.3 Å². The molecule has 1 aliphatic rings. The maximum atomic E-state index is 11.6. The first-order chi connectivity index (χ1) is 12.2. The zero-order chi connectivity index (χ0) is 17.4. The van der Waals surface area contributed by atoms with Crippen LogP contribution in [-0.2, 0) is 4.79 Å². The lowest BCUT2D eigenvalue weighted by molar-refractivity contribution is -0.108. The van der Waals surface area contributed by atoms with Crippen LogP contribution in [0.1, 0.15) is 24.5 Å². The minimum atomic E-state index is -0.148. The molecule has 4 rings (SSSR count). The number of hydrogen-bond acceptors (Lipinski definition) is 4. The van der Waals surface area contributed by atoms with Gasteiger partial charge in [-0.25, -0.2) is 9.67 Å². The highest BCUT2D eigenvalue weighted by Crippen LogP contribution is 2.45. The van der Waals surface area contributed by atoms with Crippen molar-refractivity contribution in [1.82, 2.24) is 20.1 Å². The maximum Gasteiger partial charge on any atom is 0.248 e. The third-order valence-corrected chi connectivity index (χ3v) is 4.17. The van der Waals surface area contributed by atoms with Crippen LogP contribution in [0.4, 0.5) is 5.69 Å². The van der Waals surface area contributed by atoms with Crippen LogP contribution >= 0.6 is 0 Å². The average molecular weight is 336 g/mol. The third kappa shape index (κ3) is 2.78. The fourth-order valence-electron chi connectivity index (χ4n) is 2.94. The van der Waals surface area contributed by atoms with Gasteiger partial charge in [0.15, 0.2) is 5.96 Å². The number of aromatic amines is 1. The Morgan fingerprint density at radius 2 is 2.20 bits per heavy atom. The summed E-state index contributed by atoms with van der Waals surface area (Å²) in [4.78, 5) is 29.2. The lowest BCUT2D eigenvalue weighted by atomic mass is 10.1. The molecule has 3 aromatic rings. The molecule has 0 spiro atoms. The van der Waals surface area contributed by atoms with Crippen molar-refractivity contribution in [1.29, 1.82) is 0 Å². The lowest BCUT2D eigenvalue weighted by Gasteiger charge is -2.10. The molecule has 1 aliphatic carbocycles. The summed E-state index contributed by atoms with van der Waals surface area (Å²) in [6, 6.07) is 8.95. The molecule has 0 bridgehead atoms. The average Bonchev–Trinajstić information content (AvgIpc) is 3.35. The number of fused-ring (bicyclic) bond motifs is 1. The molecule has 0 radical (unpaired) electrons. The molecule has 0 saturated heterocycles. The molecule has 1 amide bonds. The number of amides is 1. The van der Waals surface area contributed by atoms with Crippen molar-refractivity contribution in [2.75, 3.05) is 0 Å². The predicted octanol–water partition coefficient (Wildman–Crippen LogP) is 1.28. The number of aliphatic imine (C=N–C) groups is 1. The van der Waals surface area contributed by atoms with Crippen LogP contribution in [0.2, 0.25) is 0 Å². The standard InChI is InChI=1S/C17H16N6O2/c18-17(19-9-24)22-13-8-20-23(16(13)10-4-5-10)14-3-1-2-12-11(14)6-7-15(25)21-12/h1-3,6-10H,4-5H2,(H,21,25)(H3,18,19,22,24). The fraction of sp³-hybridized carbons (Fsp3) is 0.176. The number of carbonyl (C=O) groups is 1. The predicted molar refractivity (Wildman–Crippen MR) is 94.1 cm³/mol. The molecule has 8 heteroatoms. The van der Waals surface area contributed by atoms with Gasteiger partial charge in [0.1, 0.15) is 5.69 Å². The summed E-state index contributed by atoms with van der Waals surface area (Å²) in [7, 11) is 0. The molecule has 4 N–H and O–H groups in total. The van der Waals surface area contributed by atoms with Crippen molar-refractivity contribution < 1.29 is 4.79 Å².